The van der Waals surface area contributed by atoms with Gasteiger partial charge in [-0.15, -0.1) is 24.0 Å². The second kappa shape index (κ2) is 7.11. The van der Waals surface area contributed by atoms with Gasteiger partial charge in [-0.3, -0.25) is 9.89 Å². The maximum Gasteiger partial charge on any atom is 0.191 e. The number of aliphatic imine (C=N–C) groups is 1. The van der Waals surface area contributed by atoms with Gasteiger partial charge in [0, 0.05) is 38.3 Å². The van der Waals surface area contributed by atoms with Crippen molar-refractivity contribution in [1.29, 1.82) is 0 Å². The van der Waals surface area contributed by atoms with Gasteiger partial charge >= 0.3 is 0 Å². The predicted molar refractivity (Wildman–Crippen MR) is 92.3 cm³/mol. The van der Waals surface area contributed by atoms with Gasteiger partial charge in [-0.2, -0.15) is 0 Å². The van der Waals surface area contributed by atoms with E-state index in [1.807, 2.05) is 7.05 Å². The van der Waals surface area contributed by atoms with E-state index in [1.165, 1.54) is 13.0 Å². The highest BCUT2D eigenvalue weighted by Crippen LogP contribution is 2.28. The maximum atomic E-state index is 4.35. The molecule has 4 atom stereocenters. The number of likely N-dealkylation sites (tertiary alicyclic amines) is 1. The van der Waals surface area contributed by atoms with E-state index in [1.54, 1.807) is 0 Å². The molecule has 1 saturated heterocycles. The van der Waals surface area contributed by atoms with Gasteiger partial charge in [0.05, 0.1) is 0 Å². The number of halogens is 1. The molecule has 1 heterocycles. The van der Waals surface area contributed by atoms with Gasteiger partial charge in [-0.25, -0.2) is 0 Å². The number of hydrogen-bond acceptors (Lipinski definition) is 2. The van der Waals surface area contributed by atoms with Crippen molar-refractivity contribution in [3.63, 3.8) is 0 Å². The maximum absolute atomic E-state index is 4.35. The summed E-state index contributed by atoms with van der Waals surface area (Å²) in [5, 5.41) is 7.09. The lowest BCUT2D eigenvalue weighted by Crippen LogP contribution is -2.47. The molecule has 1 aliphatic heterocycles. The van der Waals surface area contributed by atoms with Gasteiger partial charge in [0.1, 0.15) is 0 Å². The van der Waals surface area contributed by atoms with Crippen LogP contribution in [0.2, 0.25) is 0 Å². The molecule has 4 nitrogen and oxygen atoms in total. The highest BCUT2D eigenvalue weighted by molar-refractivity contribution is 14.0. The zero-order valence-electron chi connectivity index (χ0n) is 12.8. The van der Waals surface area contributed by atoms with E-state index >= 15 is 0 Å². The van der Waals surface area contributed by atoms with Crippen molar-refractivity contribution in [1.82, 2.24) is 15.5 Å². The molecule has 1 aliphatic carbocycles. The molecular weight excluding hydrogens is 351 g/mol. The molecule has 0 spiro atoms. The smallest absolute Gasteiger partial charge is 0.191 e. The minimum Gasteiger partial charge on any atom is -0.353 e. The van der Waals surface area contributed by atoms with Gasteiger partial charge in [0.25, 0.3) is 0 Å². The molecule has 0 aromatic carbocycles. The summed E-state index contributed by atoms with van der Waals surface area (Å²) in [5.74, 6) is 2.46. The molecule has 0 radical (unpaired) electrons. The standard InChI is InChI=1S/C14H28N4.HI/c1-9(2)18-7-11(4)13(8-18)17-14(15-5)16-12-6-10(12)3;/h9-13H,6-8H2,1-5H3,(H2,15,16,17);1H. The largest absolute Gasteiger partial charge is 0.353 e. The van der Waals surface area contributed by atoms with E-state index in [9.17, 15) is 0 Å². The van der Waals surface area contributed by atoms with Crippen molar-refractivity contribution >= 4 is 29.9 Å². The Kier molecular flexibility index (Phi) is 6.36. The second-order valence-corrected chi connectivity index (χ2v) is 6.31. The molecule has 2 aliphatic rings. The fraction of sp³-hybridized carbons (Fsp3) is 0.929. The molecule has 0 aromatic heterocycles. The lowest BCUT2D eigenvalue weighted by Gasteiger charge is -2.22. The van der Waals surface area contributed by atoms with E-state index in [-0.39, 0.29) is 24.0 Å². The van der Waals surface area contributed by atoms with E-state index in [2.05, 4.69) is 48.2 Å². The molecule has 2 N–H and O–H groups in total. The van der Waals surface area contributed by atoms with E-state index in [0.29, 0.717) is 24.0 Å². The number of nitrogens with zero attached hydrogens (tertiary/aromatic N) is 2. The van der Waals surface area contributed by atoms with Crippen LogP contribution in [0, 0.1) is 11.8 Å². The number of hydrogen-bond donors (Lipinski definition) is 2. The number of rotatable bonds is 3. The van der Waals surface area contributed by atoms with Crippen LogP contribution < -0.4 is 10.6 Å². The Hall–Kier alpha value is -0.0400. The highest BCUT2D eigenvalue weighted by atomic mass is 127. The Morgan fingerprint density at radius 2 is 1.68 bits per heavy atom. The number of nitrogens with one attached hydrogen (secondary N) is 2. The normalized spacial score (nSPS) is 35.2. The third kappa shape index (κ3) is 4.48. The lowest BCUT2D eigenvalue weighted by atomic mass is 10.1. The summed E-state index contributed by atoms with van der Waals surface area (Å²) in [6.45, 7) is 11.5. The Morgan fingerprint density at radius 1 is 1.11 bits per heavy atom. The summed E-state index contributed by atoms with van der Waals surface area (Å²) in [4.78, 5) is 6.88. The van der Waals surface area contributed by atoms with Gasteiger partial charge in [0.15, 0.2) is 5.96 Å². The van der Waals surface area contributed by atoms with Crippen LogP contribution in [0.4, 0.5) is 0 Å². The second-order valence-electron chi connectivity index (χ2n) is 6.31. The average Bonchev–Trinajstić information content (AvgIpc) is 2.87. The van der Waals surface area contributed by atoms with Crippen LogP contribution in [0.15, 0.2) is 4.99 Å². The van der Waals surface area contributed by atoms with Crippen molar-refractivity contribution in [2.75, 3.05) is 20.1 Å². The summed E-state index contributed by atoms with van der Waals surface area (Å²) in [5.41, 5.74) is 0. The van der Waals surface area contributed by atoms with E-state index < -0.39 is 0 Å². The Balaban J connectivity index is 0.00000180. The van der Waals surface area contributed by atoms with Gasteiger partial charge < -0.3 is 10.6 Å². The molecule has 0 aromatic rings. The molecule has 112 valence electrons. The first-order valence-electron chi connectivity index (χ1n) is 7.25. The van der Waals surface area contributed by atoms with Gasteiger partial charge in [0.2, 0.25) is 0 Å². The monoisotopic (exact) mass is 380 g/mol. The molecule has 2 fully saturated rings. The summed E-state index contributed by atoms with van der Waals surface area (Å²) < 4.78 is 0. The fourth-order valence-electron chi connectivity index (χ4n) is 2.66. The van der Waals surface area contributed by atoms with Crippen LogP contribution in [0.3, 0.4) is 0 Å². The minimum atomic E-state index is 0. The molecule has 5 heteroatoms. The van der Waals surface area contributed by atoms with Crippen molar-refractivity contribution in [2.24, 2.45) is 16.8 Å². The van der Waals surface area contributed by atoms with Crippen LogP contribution in [0.5, 0.6) is 0 Å². The van der Waals surface area contributed by atoms with Crippen LogP contribution >= 0.6 is 24.0 Å². The third-order valence-electron chi connectivity index (χ3n) is 4.35. The van der Waals surface area contributed by atoms with E-state index in [0.717, 1.165) is 18.4 Å². The molecule has 19 heavy (non-hydrogen) atoms. The zero-order chi connectivity index (χ0) is 13.3. The van der Waals surface area contributed by atoms with Gasteiger partial charge in [-0.1, -0.05) is 13.8 Å². The first-order valence-corrected chi connectivity index (χ1v) is 7.25. The zero-order valence-corrected chi connectivity index (χ0v) is 15.1. The summed E-state index contributed by atoms with van der Waals surface area (Å²) in [6.07, 6.45) is 1.28. The van der Waals surface area contributed by atoms with Crippen molar-refractivity contribution in [3.05, 3.63) is 0 Å². The molecule has 4 unspecified atom stereocenters. The van der Waals surface area contributed by atoms with Gasteiger partial charge in [-0.05, 0) is 32.1 Å². The van der Waals surface area contributed by atoms with Crippen LogP contribution in [-0.4, -0.2) is 49.1 Å². The van der Waals surface area contributed by atoms with Crippen molar-refractivity contribution in [3.8, 4) is 0 Å². The minimum absolute atomic E-state index is 0. The SMILES string of the molecule is CN=C(NC1CC1C)NC1CN(C(C)C)CC1C.I. The van der Waals surface area contributed by atoms with Crippen molar-refractivity contribution in [2.45, 2.75) is 52.2 Å². The van der Waals surface area contributed by atoms with Crippen LogP contribution in [0.25, 0.3) is 0 Å². The summed E-state index contributed by atoms with van der Waals surface area (Å²) in [6, 6.07) is 1.79. The third-order valence-corrected chi connectivity index (χ3v) is 4.35. The van der Waals surface area contributed by atoms with Crippen LogP contribution in [-0.2, 0) is 0 Å². The van der Waals surface area contributed by atoms with Crippen LogP contribution in [0.1, 0.15) is 34.1 Å². The first kappa shape index (κ1) is 17.0. The molecule has 2 rings (SSSR count). The Morgan fingerprint density at radius 3 is 2.11 bits per heavy atom. The molecular formula is C14H29IN4. The average molecular weight is 380 g/mol. The Bertz CT molecular complexity index is 319. The highest BCUT2D eigenvalue weighted by Gasteiger charge is 2.35. The first-order chi connectivity index (χ1) is 8.51. The molecule has 0 amide bonds. The quantitative estimate of drug-likeness (QED) is 0.447. The lowest BCUT2D eigenvalue weighted by molar-refractivity contribution is 0.265. The molecule has 1 saturated carbocycles. The Labute approximate surface area is 134 Å². The van der Waals surface area contributed by atoms with Crippen molar-refractivity contribution < 1.29 is 0 Å². The summed E-state index contributed by atoms with van der Waals surface area (Å²) >= 11 is 0. The topological polar surface area (TPSA) is 39.7 Å². The van der Waals surface area contributed by atoms with E-state index in [4.69, 9.17) is 0 Å². The number of guanidine groups is 1. The molecule has 0 bridgehead atoms. The predicted octanol–water partition coefficient (Wildman–Crippen LogP) is 1.91. The fourth-order valence-corrected chi connectivity index (χ4v) is 2.66. The summed E-state index contributed by atoms with van der Waals surface area (Å²) in [7, 11) is 1.86.